The molecule has 25 heteroatoms. The smallest absolute Gasteiger partial charge is 0.303 e. The summed E-state index contributed by atoms with van der Waals surface area (Å²) in [6.07, 6.45) is 3.81. The summed E-state index contributed by atoms with van der Waals surface area (Å²) in [6, 6.07) is 0. The van der Waals surface area contributed by atoms with Crippen LogP contribution in [0.1, 0.15) is 304 Å². The van der Waals surface area contributed by atoms with Crippen molar-refractivity contribution in [3.63, 3.8) is 0 Å². The average Bonchev–Trinajstić information content (AvgIpc) is 0.792. The van der Waals surface area contributed by atoms with Gasteiger partial charge in [0.15, 0.2) is 37.6 Å². The summed E-state index contributed by atoms with van der Waals surface area (Å²) in [5.41, 5.74) is 0. The summed E-state index contributed by atoms with van der Waals surface area (Å²) in [7, 11) is 0. The fourth-order valence-corrected chi connectivity index (χ4v) is 14.4. The molecule has 0 saturated carbocycles. The molecule has 0 aliphatic carbocycles. The van der Waals surface area contributed by atoms with E-state index >= 15 is 0 Å². The third-order valence-corrected chi connectivity index (χ3v) is 21.7. The molecule has 4 heterocycles. The molecular formula is C90H172O25. The summed E-state index contributed by atoms with van der Waals surface area (Å²) in [5, 5.41) is 13.7. The third-order valence-electron chi connectivity index (χ3n) is 21.7. The largest absolute Gasteiger partial charge is 0.454 e. The Morgan fingerprint density at radius 3 is 1.02 bits per heavy atom. The van der Waals surface area contributed by atoms with E-state index in [2.05, 4.69) is 111 Å². The van der Waals surface area contributed by atoms with Gasteiger partial charge in [0.1, 0.15) is 79.4 Å². The van der Waals surface area contributed by atoms with Crippen LogP contribution in [0.5, 0.6) is 0 Å². The monoisotopic (exact) mass is 1650 g/mol. The quantitative estimate of drug-likeness (QED) is 0.0337. The van der Waals surface area contributed by atoms with E-state index in [9.17, 15) is 9.90 Å². The van der Waals surface area contributed by atoms with Crippen LogP contribution in [0, 0.1) is 11.8 Å². The highest BCUT2D eigenvalue weighted by Gasteiger charge is 2.57. The first-order valence-corrected chi connectivity index (χ1v) is 46.7. The number of unbranched alkanes of at least 4 members (excludes halogenated alkanes) is 14. The van der Waals surface area contributed by atoms with Gasteiger partial charge in [0.05, 0.1) is 51.3 Å². The van der Waals surface area contributed by atoms with Crippen molar-refractivity contribution in [3.05, 3.63) is 0 Å². The maximum absolute atomic E-state index is 13.9. The number of carbonyl (C=O) groups excluding carboxylic acids is 1. The Bertz CT molecular complexity index is 2230. The van der Waals surface area contributed by atoms with Gasteiger partial charge < -0.3 is 114 Å². The maximum atomic E-state index is 13.9. The zero-order chi connectivity index (χ0) is 83.6. The predicted molar refractivity (Wildman–Crippen MR) is 445 cm³/mol. The second-order valence-corrected chi connectivity index (χ2v) is 32.0. The molecule has 24 atom stereocenters. The number of rotatable bonds is 74. The average molecular weight is 1650 g/mol. The summed E-state index contributed by atoms with van der Waals surface area (Å²) >= 11 is 0. The number of hydrogen-bond donors (Lipinski definition) is 1. The Morgan fingerprint density at radius 2 is 0.600 bits per heavy atom. The van der Waals surface area contributed by atoms with Crippen LogP contribution in [0.15, 0.2) is 0 Å². The molecule has 0 spiro atoms. The van der Waals surface area contributed by atoms with Crippen LogP contribution in [0.2, 0.25) is 0 Å². The molecule has 0 amide bonds. The van der Waals surface area contributed by atoms with Crippen molar-refractivity contribution < 1.29 is 119 Å². The Hall–Kier alpha value is -1.45. The molecule has 0 aromatic heterocycles. The first-order valence-electron chi connectivity index (χ1n) is 46.7. The van der Waals surface area contributed by atoms with Gasteiger partial charge in [-0.2, -0.15) is 0 Å². The lowest BCUT2D eigenvalue weighted by Gasteiger charge is -2.50. The summed E-state index contributed by atoms with van der Waals surface area (Å²) in [5.74, 6) is -1.30. The molecule has 0 aromatic carbocycles. The first kappa shape index (κ1) is 106. The van der Waals surface area contributed by atoms with Crippen LogP contribution >= 0.6 is 0 Å². The molecule has 0 radical (unpaired) electrons. The van der Waals surface area contributed by atoms with E-state index in [1.165, 1.54) is 6.92 Å². The van der Waals surface area contributed by atoms with Crippen molar-refractivity contribution >= 4 is 5.97 Å². The van der Waals surface area contributed by atoms with E-state index in [1.807, 2.05) is 0 Å². The van der Waals surface area contributed by atoms with E-state index in [0.29, 0.717) is 92.1 Å². The molecule has 0 bridgehead atoms. The minimum Gasteiger partial charge on any atom is -0.454 e. The lowest BCUT2D eigenvalue weighted by molar-refractivity contribution is -0.372. The van der Waals surface area contributed by atoms with Crippen LogP contribution in [0.25, 0.3) is 0 Å². The molecule has 682 valence electrons. The second kappa shape index (κ2) is 67.0. The fourth-order valence-electron chi connectivity index (χ4n) is 14.4. The topological polar surface area (TPSA) is 250 Å². The molecule has 11 unspecified atom stereocenters. The van der Waals surface area contributed by atoms with Crippen molar-refractivity contribution in [2.24, 2.45) is 11.8 Å². The summed E-state index contributed by atoms with van der Waals surface area (Å²) < 4.78 is 161. The highest BCUT2D eigenvalue weighted by molar-refractivity contribution is 5.66. The number of aliphatic hydroxyl groups is 1. The van der Waals surface area contributed by atoms with Gasteiger partial charge in [-0.1, -0.05) is 201 Å². The zero-order valence-corrected chi connectivity index (χ0v) is 75.5. The van der Waals surface area contributed by atoms with Crippen LogP contribution in [0.3, 0.4) is 0 Å². The lowest BCUT2D eigenvalue weighted by Crippen LogP contribution is -2.65. The van der Waals surface area contributed by atoms with Crippen molar-refractivity contribution in [2.75, 3.05) is 126 Å². The van der Waals surface area contributed by atoms with Crippen LogP contribution in [0.4, 0.5) is 0 Å². The molecular weight excluding hydrogens is 1480 g/mol. The summed E-state index contributed by atoms with van der Waals surface area (Å²) in [4.78, 5) is 13.9. The van der Waals surface area contributed by atoms with Crippen LogP contribution in [-0.2, 0) is 114 Å². The molecule has 4 aliphatic rings. The second-order valence-electron chi connectivity index (χ2n) is 32.0. The number of aliphatic hydroxyl groups excluding tert-OH is 1. The van der Waals surface area contributed by atoms with E-state index in [1.54, 1.807) is 0 Å². The molecule has 1 N–H and O–H groups in total. The molecule has 4 aliphatic heterocycles. The molecule has 4 saturated heterocycles. The predicted octanol–water partition coefficient (Wildman–Crippen LogP) is 16.7. The van der Waals surface area contributed by atoms with Gasteiger partial charge in [0.2, 0.25) is 0 Å². The minimum atomic E-state index is -1.78. The molecule has 25 nitrogen and oxygen atoms in total. The molecule has 115 heavy (non-hydrogen) atoms. The lowest BCUT2D eigenvalue weighted by atomic mass is 9.91. The molecule has 4 rings (SSSR count). The van der Waals surface area contributed by atoms with Gasteiger partial charge in [-0.3, -0.25) is 4.79 Å². The van der Waals surface area contributed by atoms with Gasteiger partial charge in [-0.25, -0.2) is 0 Å². The third kappa shape index (κ3) is 39.5. The minimum absolute atomic E-state index is 0.0435. The first-order chi connectivity index (χ1) is 56.2. The van der Waals surface area contributed by atoms with Crippen LogP contribution in [-0.4, -0.2) is 272 Å². The number of carbonyl (C=O) groups is 1. The number of hydrogen-bond acceptors (Lipinski definition) is 25. The van der Waals surface area contributed by atoms with Crippen molar-refractivity contribution in [1.29, 1.82) is 0 Å². The SMILES string of the molecule is CCCCOCC1O[C@@H](OCCCC)C(C)C(OCCCC)[C@@H]1O[C@H](O)[C@H](OCCCC)C(O[C@@H]1OC(COCCCC)[C@H](OCCCC)C(OCCCC)[C@@H]1OC(C)=O)[C@@H](CCO[C@H]1OC(COCCCC)[C@@H](OCCCC)C(OCCCC)C1O[C@@H]1OC(COCCCC)[C@@H](OCCCC)C(OCCCC)[C@@H]1C)OCCCC. The van der Waals surface area contributed by atoms with Crippen LogP contribution < -0.4 is 0 Å². The maximum Gasteiger partial charge on any atom is 0.303 e. The Labute approximate surface area is 698 Å². The van der Waals surface area contributed by atoms with E-state index in [4.69, 9.17) is 109 Å². The van der Waals surface area contributed by atoms with Gasteiger partial charge in [-0.05, 0) is 96.3 Å². The molecule has 4 fully saturated rings. The van der Waals surface area contributed by atoms with E-state index < -0.39 is 141 Å². The van der Waals surface area contributed by atoms with Gasteiger partial charge >= 0.3 is 5.97 Å². The van der Waals surface area contributed by atoms with Crippen molar-refractivity contribution in [1.82, 2.24) is 0 Å². The fraction of sp³-hybridized carbons (Fsp3) is 0.989. The number of ether oxygens (including phenoxy) is 23. The van der Waals surface area contributed by atoms with E-state index in [-0.39, 0.29) is 64.5 Å². The standard InChI is InChI=1S/C90H172O25/c1-18-32-47-93-62-70-76(100-54-39-25-8)74(98-52-37-23-6)67(16)88(110-70)115-84-81(103-57-42-28-11)77(101-55-40-26-9)71(63-94-48-33-19-2)111-89(84)107-61-46-69(97-51-36-22-5)79(114-90-85(108-68(17)91)82(104-58-43-29-12)78(102-56-41-27-10)72(112-90)64-95-49-34-20-3)83(105-59-44-30-13)86(92)113-80-73(65-96-50-35-21-4)109-87(106-60-45-31-14)66(15)75(80)99-53-38-24-7/h66-67,69-90,92H,18-65H2,1-17H3/t66?,67-,69+,70?,71?,72?,73?,74?,75?,76+,77+,78-,79?,80+,81?,82?,83+,84?,85-,86-,87+,88-,89-,90-/m0/s1. The van der Waals surface area contributed by atoms with Gasteiger partial charge in [0.25, 0.3) is 0 Å². The Kier molecular flexibility index (Phi) is 61.7. The highest BCUT2D eigenvalue weighted by atomic mass is 16.8. The molecule has 0 aromatic rings. The van der Waals surface area contributed by atoms with E-state index in [0.717, 1.165) is 167 Å². The van der Waals surface area contributed by atoms with Crippen molar-refractivity contribution in [3.8, 4) is 0 Å². The zero-order valence-electron chi connectivity index (χ0n) is 75.5. The Balaban J connectivity index is 2.12. The van der Waals surface area contributed by atoms with Gasteiger partial charge in [0, 0.05) is 111 Å². The Morgan fingerprint density at radius 1 is 0.296 bits per heavy atom. The highest BCUT2D eigenvalue weighted by Crippen LogP contribution is 2.40. The van der Waals surface area contributed by atoms with Crippen molar-refractivity contribution in [2.45, 2.75) is 439 Å². The summed E-state index contributed by atoms with van der Waals surface area (Å²) in [6.45, 7) is 42.1. The van der Waals surface area contributed by atoms with Gasteiger partial charge in [-0.15, -0.1) is 0 Å². The normalized spacial score (nSPS) is 29.1. The number of esters is 1.